The first-order chi connectivity index (χ1) is 20.4. The molecule has 0 radical (unpaired) electrons. The van der Waals surface area contributed by atoms with E-state index in [9.17, 15) is 9.18 Å². The number of thiophene rings is 1. The number of benzene rings is 2. The predicted octanol–water partition coefficient (Wildman–Crippen LogP) is 6.16. The SMILES string of the molecule is C=CC(=O)N1CCn2nc(-c3nc(-c4ccc5c(c4)CCN(C)C5)c4ccsc4c3-c3ccc(F)cc3OC)cc2C1. The van der Waals surface area contributed by atoms with Crippen LogP contribution in [0.5, 0.6) is 5.75 Å². The fourth-order valence-electron chi connectivity index (χ4n) is 6.09. The Balaban J connectivity index is 1.46. The third-order valence-electron chi connectivity index (χ3n) is 8.25. The number of carbonyl (C=O) groups excluding carboxylic acids is 1. The highest BCUT2D eigenvalue weighted by Crippen LogP contribution is 2.46. The Morgan fingerprint density at radius 2 is 1.93 bits per heavy atom. The number of pyridine rings is 1. The van der Waals surface area contributed by atoms with Gasteiger partial charge in [-0.3, -0.25) is 9.48 Å². The number of ether oxygens (including phenoxy) is 1. The van der Waals surface area contributed by atoms with Crippen LogP contribution in [0.2, 0.25) is 0 Å². The van der Waals surface area contributed by atoms with Gasteiger partial charge in [0.15, 0.2) is 0 Å². The lowest BCUT2D eigenvalue weighted by Crippen LogP contribution is -2.37. The summed E-state index contributed by atoms with van der Waals surface area (Å²) in [6.45, 7) is 7.19. The van der Waals surface area contributed by atoms with Crippen molar-refractivity contribution >= 4 is 27.3 Å². The molecule has 0 saturated carbocycles. The highest BCUT2D eigenvalue weighted by atomic mass is 32.1. The minimum absolute atomic E-state index is 0.0974. The van der Waals surface area contributed by atoms with Gasteiger partial charge in [-0.25, -0.2) is 9.37 Å². The zero-order chi connectivity index (χ0) is 29.0. The molecular weight excluding hydrogens is 549 g/mol. The van der Waals surface area contributed by atoms with E-state index in [-0.39, 0.29) is 11.7 Å². The summed E-state index contributed by atoms with van der Waals surface area (Å²) in [5.41, 5.74) is 8.60. The molecule has 0 spiro atoms. The largest absolute Gasteiger partial charge is 0.496 e. The van der Waals surface area contributed by atoms with Gasteiger partial charge in [-0.2, -0.15) is 5.10 Å². The van der Waals surface area contributed by atoms with Crippen molar-refractivity contribution in [2.45, 2.75) is 26.1 Å². The number of nitrogens with zero attached hydrogens (tertiary/aromatic N) is 5. The molecule has 0 unspecified atom stereocenters. The summed E-state index contributed by atoms with van der Waals surface area (Å²) in [6.07, 6.45) is 2.35. The predicted molar refractivity (Wildman–Crippen MR) is 164 cm³/mol. The van der Waals surface area contributed by atoms with Crippen molar-refractivity contribution in [2.24, 2.45) is 0 Å². The molecule has 5 heterocycles. The molecule has 9 heteroatoms. The molecule has 0 atom stereocenters. The average Bonchev–Trinajstić information content (AvgIpc) is 3.67. The maximum atomic E-state index is 14.3. The maximum Gasteiger partial charge on any atom is 0.246 e. The molecule has 2 aliphatic heterocycles. The van der Waals surface area contributed by atoms with E-state index in [0.717, 1.165) is 57.7 Å². The standard InChI is InChI=1S/C33H30FN5O2S/c1-4-29(40)38-12-13-39-24(19-38)17-27(36-39)32-30(25-8-7-23(34)16-28(25)41-3)33-26(10-14-42-33)31(35-32)21-5-6-22-18-37(2)11-9-20(22)15-21/h4-8,10,14-17H,1,9,11-13,18-19H2,2-3H3. The molecule has 2 aromatic carbocycles. The van der Waals surface area contributed by atoms with Crippen LogP contribution in [0.4, 0.5) is 4.39 Å². The number of carbonyl (C=O) groups is 1. The van der Waals surface area contributed by atoms with Crippen LogP contribution in [0.25, 0.3) is 43.9 Å². The van der Waals surface area contributed by atoms with Crippen molar-refractivity contribution in [3.63, 3.8) is 0 Å². The Morgan fingerprint density at radius 3 is 2.76 bits per heavy atom. The molecule has 3 aromatic heterocycles. The van der Waals surface area contributed by atoms with E-state index in [4.69, 9.17) is 14.8 Å². The van der Waals surface area contributed by atoms with E-state index in [1.807, 2.05) is 10.7 Å². The number of likely N-dealkylation sites (N-methyl/N-ethyl adjacent to an activating group) is 1. The van der Waals surface area contributed by atoms with E-state index in [2.05, 4.69) is 48.2 Å². The molecule has 2 aliphatic rings. The lowest BCUT2D eigenvalue weighted by atomic mass is 9.93. The summed E-state index contributed by atoms with van der Waals surface area (Å²) in [5, 5.41) is 8.08. The fraction of sp³-hybridized carbons (Fsp3) is 0.242. The van der Waals surface area contributed by atoms with Crippen LogP contribution in [0.15, 0.2) is 66.6 Å². The second-order valence-corrected chi connectivity index (χ2v) is 11.8. The molecule has 0 fully saturated rings. The molecule has 0 bridgehead atoms. The second kappa shape index (κ2) is 10.5. The van der Waals surface area contributed by atoms with Crippen LogP contribution < -0.4 is 4.74 Å². The summed E-state index contributed by atoms with van der Waals surface area (Å²) < 4.78 is 23.0. The number of rotatable bonds is 5. The maximum absolute atomic E-state index is 14.3. The van der Waals surface area contributed by atoms with Crippen molar-refractivity contribution in [1.82, 2.24) is 24.6 Å². The number of methoxy groups -OCH3 is 1. The van der Waals surface area contributed by atoms with Crippen LogP contribution in [-0.2, 0) is 30.8 Å². The number of aromatic nitrogens is 3. The molecule has 7 nitrogen and oxygen atoms in total. The van der Waals surface area contributed by atoms with Gasteiger partial charge >= 0.3 is 0 Å². The number of amides is 1. The van der Waals surface area contributed by atoms with Crippen LogP contribution in [0.1, 0.15) is 16.8 Å². The zero-order valence-corrected chi connectivity index (χ0v) is 24.4. The van der Waals surface area contributed by atoms with Gasteiger partial charge in [-0.05, 0) is 66.4 Å². The molecule has 0 aliphatic carbocycles. The summed E-state index contributed by atoms with van der Waals surface area (Å²) in [5.74, 6) is -0.0295. The second-order valence-electron chi connectivity index (χ2n) is 10.9. The lowest BCUT2D eigenvalue weighted by Gasteiger charge is -2.26. The molecule has 42 heavy (non-hydrogen) atoms. The first-order valence-electron chi connectivity index (χ1n) is 14.0. The molecule has 1 amide bonds. The van der Waals surface area contributed by atoms with Gasteiger partial charge in [0.25, 0.3) is 0 Å². The fourth-order valence-corrected chi connectivity index (χ4v) is 7.05. The summed E-state index contributed by atoms with van der Waals surface area (Å²) in [4.78, 5) is 21.8. The van der Waals surface area contributed by atoms with E-state index in [0.29, 0.717) is 36.8 Å². The third kappa shape index (κ3) is 4.49. The zero-order valence-electron chi connectivity index (χ0n) is 23.6. The topological polar surface area (TPSA) is 63.5 Å². The first-order valence-corrected chi connectivity index (χ1v) is 14.9. The van der Waals surface area contributed by atoms with Crippen LogP contribution in [0, 0.1) is 5.82 Å². The number of halogens is 1. The van der Waals surface area contributed by atoms with Gasteiger partial charge in [-0.1, -0.05) is 18.7 Å². The van der Waals surface area contributed by atoms with Crippen LogP contribution >= 0.6 is 11.3 Å². The number of fused-ring (bicyclic) bond motifs is 3. The quantitative estimate of drug-likeness (QED) is 0.234. The van der Waals surface area contributed by atoms with E-state index in [1.165, 1.54) is 29.3 Å². The third-order valence-corrected chi connectivity index (χ3v) is 9.18. The van der Waals surface area contributed by atoms with E-state index >= 15 is 0 Å². The van der Waals surface area contributed by atoms with Gasteiger partial charge in [-0.15, -0.1) is 11.3 Å². The molecular formula is C33H30FN5O2S. The highest BCUT2D eigenvalue weighted by molar-refractivity contribution is 7.18. The average molecular weight is 580 g/mol. The van der Waals surface area contributed by atoms with Crippen molar-refractivity contribution in [3.05, 3.63) is 89.2 Å². The minimum atomic E-state index is -0.367. The Labute approximate surface area is 247 Å². The molecule has 0 saturated heterocycles. The van der Waals surface area contributed by atoms with Crippen molar-refractivity contribution < 1.29 is 13.9 Å². The Bertz CT molecular complexity index is 1880. The summed E-state index contributed by atoms with van der Waals surface area (Å²) >= 11 is 1.63. The van der Waals surface area contributed by atoms with E-state index in [1.54, 1.807) is 29.4 Å². The Morgan fingerprint density at radius 1 is 1.05 bits per heavy atom. The van der Waals surface area contributed by atoms with E-state index < -0.39 is 0 Å². The first kappa shape index (κ1) is 26.6. The van der Waals surface area contributed by atoms with Crippen LogP contribution in [0.3, 0.4) is 0 Å². The summed E-state index contributed by atoms with van der Waals surface area (Å²) in [6, 6.07) is 15.4. The normalized spacial score (nSPS) is 15.0. The van der Waals surface area contributed by atoms with Gasteiger partial charge in [0.2, 0.25) is 5.91 Å². The lowest BCUT2D eigenvalue weighted by molar-refractivity contribution is -0.127. The summed E-state index contributed by atoms with van der Waals surface area (Å²) in [7, 11) is 3.70. The molecule has 212 valence electrons. The monoisotopic (exact) mass is 579 g/mol. The molecule has 0 N–H and O–H groups in total. The van der Waals surface area contributed by atoms with Gasteiger partial charge in [0, 0.05) is 52.5 Å². The number of hydrogen-bond donors (Lipinski definition) is 0. The Kier molecular flexibility index (Phi) is 6.63. The molecule has 5 aromatic rings. The smallest absolute Gasteiger partial charge is 0.246 e. The minimum Gasteiger partial charge on any atom is -0.496 e. The Hall–Kier alpha value is -4.34. The van der Waals surface area contributed by atoms with Gasteiger partial charge in [0.05, 0.1) is 31.6 Å². The number of hydrogen-bond acceptors (Lipinski definition) is 6. The highest BCUT2D eigenvalue weighted by Gasteiger charge is 2.27. The van der Waals surface area contributed by atoms with Crippen molar-refractivity contribution in [2.75, 3.05) is 27.2 Å². The van der Waals surface area contributed by atoms with Gasteiger partial charge in [0.1, 0.15) is 23.0 Å². The molecule has 7 rings (SSSR count). The van der Waals surface area contributed by atoms with Crippen LogP contribution in [-0.4, -0.2) is 57.7 Å². The van der Waals surface area contributed by atoms with Gasteiger partial charge < -0.3 is 14.5 Å². The van der Waals surface area contributed by atoms with Crippen molar-refractivity contribution in [3.8, 4) is 39.5 Å². The van der Waals surface area contributed by atoms with Crippen molar-refractivity contribution in [1.29, 1.82) is 0 Å².